The van der Waals surface area contributed by atoms with Crippen LogP contribution in [0.5, 0.6) is 5.75 Å². The fourth-order valence-corrected chi connectivity index (χ4v) is 2.33. The molecule has 2 heterocycles. The van der Waals surface area contributed by atoms with Crippen molar-refractivity contribution in [3.05, 3.63) is 24.3 Å². The van der Waals surface area contributed by atoms with Crippen LogP contribution in [0.4, 0.5) is 5.69 Å². The van der Waals surface area contributed by atoms with Gasteiger partial charge in [0.2, 0.25) is 0 Å². The molecule has 13 heavy (non-hydrogen) atoms. The molecule has 3 rings (SSSR count). The molecule has 0 aromatic heterocycles. The first-order chi connectivity index (χ1) is 6.45. The molecule has 0 saturated carbocycles. The fourth-order valence-electron chi connectivity index (χ4n) is 2.33. The number of hydrogen-bond donors (Lipinski definition) is 0. The lowest BCUT2D eigenvalue weighted by Crippen LogP contribution is -2.37. The zero-order valence-electron chi connectivity index (χ0n) is 7.57. The van der Waals surface area contributed by atoms with Crippen molar-refractivity contribution in [2.75, 3.05) is 18.1 Å². The molecular formula is C11H13NO. The highest BCUT2D eigenvalue weighted by Gasteiger charge is 2.30. The van der Waals surface area contributed by atoms with Gasteiger partial charge in [-0.1, -0.05) is 12.1 Å². The van der Waals surface area contributed by atoms with Crippen LogP contribution in [-0.4, -0.2) is 19.2 Å². The van der Waals surface area contributed by atoms with E-state index in [4.69, 9.17) is 4.74 Å². The second-order valence-electron chi connectivity index (χ2n) is 3.77. The average molecular weight is 175 g/mol. The maximum Gasteiger partial charge on any atom is 0.142 e. The number of rotatable bonds is 0. The molecule has 2 heteroatoms. The third-order valence-electron chi connectivity index (χ3n) is 2.98. The highest BCUT2D eigenvalue weighted by atomic mass is 16.5. The van der Waals surface area contributed by atoms with Gasteiger partial charge in [0.05, 0.1) is 11.7 Å². The molecule has 1 aromatic carbocycles. The van der Waals surface area contributed by atoms with Gasteiger partial charge in [-0.25, -0.2) is 0 Å². The van der Waals surface area contributed by atoms with E-state index >= 15 is 0 Å². The summed E-state index contributed by atoms with van der Waals surface area (Å²) in [5.41, 5.74) is 1.29. The number of hydrogen-bond acceptors (Lipinski definition) is 2. The summed E-state index contributed by atoms with van der Waals surface area (Å²) in [6, 6.07) is 8.98. The van der Waals surface area contributed by atoms with Crippen molar-refractivity contribution in [3.63, 3.8) is 0 Å². The van der Waals surface area contributed by atoms with Gasteiger partial charge in [-0.05, 0) is 25.0 Å². The van der Waals surface area contributed by atoms with E-state index in [0.29, 0.717) is 6.04 Å². The van der Waals surface area contributed by atoms with Crippen molar-refractivity contribution in [1.82, 2.24) is 0 Å². The third kappa shape index (κ3) is 1.01. The molecule has 68 valence electrons. The van der Waals surface area contributed by atoms with Crippen molar-refractivity contribution in [3.8, 4) is 5.75 Å². The van der Waals surface area contributed by atoms with Gasteiger partial charge in [0.1, 0.15) is 12.4 Å². The Labute approximate surface area is 78.1 Å². The van der Waals surface area contributed by atoms with Crippen molar-refractivity contribution in [2.24, 2.45) is 0 Å². The quantitative estimate of drug-likeness (QED) is 0.598. The zero-order valence-corrected chi connectivity index (χ0v) is 7.57. The number of benzene rings is 1. The van der Waals surface area contributed by atoms with Crippen LogP contribution < -0.4 is 9.64 Å². The van der Waals surface area contributed by atoms with Crippen LogP contribution in [0.3, 0.4) is 0 Å². The van der Waals surface area contributed by atoms with E-state index in [2.05, 4.69) is 23.1 Å². The van der Waals surface area contributed by atoms with Crippen molar-refractivity contribution in [2.45, 2.75) is 18.9 Å². The predicted molar refractivity (Wildman–Crippen MR) is 52.3 cm³/mol. The first-order valence-electron chi connectivity index (χ1n) is 4.93. The third-order valence-corrected chi connectivity index (χ3v) is 2.98. The van der Waals surface area contributed by atoms with E-state index in [9.17, 15) is 0 Å². The summed E-state index contributed by atoms with van der Waals surface area (Å²) in [6.45, 7) is 2.07. The van der Waals surface area contributed by atoms with Crippen LogP contribution >= 0.6 is 0 Å². The lowest BCUT2D eigenvalue weighted by atomic mass is 10.2. The summed E-state index contributed by atoms with van der Waals surface area (Å²) >= 11 is 0. The van der Waals surface area contributed by atoms with Gasteiger partial charge in [-0.2, -0.15) is 0 Å². The molecule has 2 aliphatic rings. The Hall–Kier alpha value is -1.18. The molecule has 1 unspecified atom stereocenters. The number of fused-ring (bicyclic) bond motifs is 3. The Morgan fingerprint density at radius 2 is 2.23 bits per heavy atom. The van der Waals surface area contributed by atoms with Crippen LogP contribution in [0.15, 0.2) is 24.3 Å². The second kappa shape index (κ2) is 2.66. The molecule has 0 amide bonds. The van der Waals surface area contributed by atoms with Gasteiger partial charge in [0.25, 0.3) is 0 Å². The smallest absolute Gasteiger partial charge is 0.142 e. The Morgan fingerprint density at radius 1 is 1.31 bits per heavy atom. The maximum absolute atomic E-state index is 5.70. The van der Waals surface area contributed by atoms with Gasteiger partial charge in [-0.15, -0.1) is 0 Å². The lowest BCUT2D eigenvalue weighted by Gasteiger charge is -2.33. The van der Waals surface area contributed by atoms with Crippen molar-refractivity contribution in [1.29, 1.82) is 0 Å². The molecule has 0 spiro atoms. The second-order valence-corrected chi connectivity index (χ2v) is 3.77. The minimum atomic E-state index is 0.634. The first kappa shape index (κ1) is 7.25. The van der Waals surface area contributed by atoms with E-state index in [-0.39, 0.29) is 0 Å². The molecule has 0 radical (unpaired) electrons. The molecule has 1 saturated heterocycles. The molecule has 1 fully saturated rings. The molecule has 1 atom stereocenters. The van der Waals surface area contributed by atoms with E-state index in [1.165, 1.54) is 25.1 Å². The Kier molecular flexibility index (Phi) is 1.48. The van der Waals surface area contributed by atoms with E-state index < -0.39 is 0 Å². The number of para-hydroxylation sites is 2. The summed E-state index contributed by atoms with van der Waals surface area (Å²) in [6.07, 6.45) is 2.59. The van der Waals surface area contributed by atoms with Crippen LogP contribution in [0.25, 0.3) is 0 Å². The molecule has 2 aliphatic heterocycles. The van der Waals surface area contributed by atoms with Gasteiger partial charge in [0, 0.05) is 6.54 Å². The minimum absolute atomic E-state index is 0.634. The molecular weight excluding hydrogens is 162 g/mol. The Bertz CT molecular complexity index is 324. The maximum atomic E-state index is 5.70. The predicted octanol–water partition coefficient (Wildman–Crippen LogP) is 2.05. The average Bonchev–Trinajstić information content (AvgIpc) is 2.65. The summed E-state index contributed by atoms with van der Waals surface area (Å²) in [5, 5.41) is 0. The van der Waals surface area contributed by atoms with Crippen molar-refractivity contribution < 1.29 is 4.74 Å². The molecule has 0 bridgehead atoms. The fraction of sp³-hybridized carbons (Fsp3) is 0.455. The molecule has 0 aliphatic carbocycles. The highest BCUT2D eigenvalue weighted by Crippen LogP contribution is 2.37. The van der Waals surface area contributed by atoms with E-state index in [0.717, 1.165) is 12.4 Å². The largest absolute Gasteiger partial charge is 0.489 e. The van der Waals surface area contributed by atoms with Crippen LogP contribution in [0, 0.1) is 0 Å². The molecule has 2 nitrogen and oxygen atoms in total. The van der Waals surface area contributed by atoms with Crippen molar-refractivity contribution >= 4 is 5.69 Å². The van der Waals surface area contributed by atoms with Crippen LogP contribution in [-0.2, 0) is 0 Å². The lowest BCUT2D eigenvalue weighted by molar-refractivity contribution is 0.272. The van der Waals surface area contributed by atoms with Crippen LogP contribution in [0.2, 0.25) is 0 Å². The SMILES string of the molecule is c1ccc2c(c1)OCC1CCCN21. The topological polar surface area (TPSA) is 12.5 Å². The standard InChI is InChI=1S/C11H13NO/c1-2-6-11-10(5-1)12-7-3-4-9(12)8-13-11/h1-2,5-6,9H,3-4,7-8H2. The summed E-state index contributed by atoms with van der Waals surface area (Å²) in [7, 11) is 0. The zero-order chi connectivity index (χ0) is 8.67. The van der Waals surface area contributed by atoms with Gasteiger partial charge in [0.15, 0.2) is 0 Å². The first-order valence-corrected chi connectivity index (χ1v) is 4.93. The highest BCUT2D eigenvalue weighted by molar-refractivity contribution is 5.61. The Morgan fingerprint density at radius 3 is 3.23 bits per heavy atom. The van der Waals surface area contributed by atoms with E-state index in [1.54, 1.807) is 0 Å². The number of anilines is 1. The van der Waals surface area contributed by atoms with Gasteiger partial charge >= 0.3 is 0 Å². The number of ether oxygens (including phenoxy) is 1. The number of nitrogens with zero attached hydrogens (tertiary/aromatic N) is 1. The molecule has 0 N–H and O–H groups in total. The van der Waals surface area contributed by atoms with Gasteiger partial charge < -0.3 is 9.64 Å². The normalized spacial score (nSPS) is 24.9. The minimum Gasteiger partial charge on any atom is -0.489 e. The monoisotopic (exact) mass is 175 g/mol. The summed E-state index contributed by atoms with van der Waals surface area (Å²) in [4.78, 5) is 2.48. The van der Waals surface area contributed by atoms with Crippen LogP contribution in [0.1, 0.15) is 12.8 Å². The van der Waals surface area contributed by atoms with Gasteiger partial charge in [-0.3, -0.25) is 0 Å². The summed E-state index contributed by atoms with van der Waals surface area (Å²) < 4.78 is 5.70. The Balaban J connectivity index is 2.06. The summed E-state index contributed by atoms with van der Waals surface area (Å²) in [5.74, 6) is 1.06. The van der Waals surface area contributed by atoms with E-state index in [1.807, 2.05) is 6.07 Å². The molecule has 1 aromatic rings.